The molecule has 0 amide bonds. The molecule has 0 aromatic carbocycles. The Morgan fingerprint density at radius 3 is 2.81 bits per heavy atom. The minimum atomic E-state index is -0.184. The van der Waals surface area contributed by atoms with Gasteiger partial charge in [-0.15, -0.1) is 0 Å². The van der Waals surface area contributed by atoms with Crippen LogP contribution >= 0.6 is 11.8 Å². The van der Waals surface area contributed by atoms with Gasteiger partial charge in [-0.3, -0.25) is 4.79 Å². The summed E-state index contributed by atoms with van der Waals surface area (Å²) in [5.41, 5.74) is 0. The van der Waals surface area contributed by atoms with Gasteiger partial charge < -0.3 is 15.2 Å². The molecule has 1 fully saturated rings. The van der Waals surface area contributed by atoms with Gasteiger partial charge in [-0.05, 0) is 25.0 Å². The number of rotatable bonds is 8. The summed E-state index contributed by atoms with van der Waals surface area (Å²) in [5, 5.41) is 12.4. The van der Waals surface area contributed by atoms with Gasteiger partial charge >= 0.3 is 5.97 Å². The van der Waals surface area contributed by atoms with Crippen molar-refractivity contribution >= 4 is 17.7 Å². The molecule has 2 N–H and O–H groups in total. The molecule has 0 saturated heterocycles. The number of esters is 1. The molecule has 5 heteroatoms. The van der Waals surface area contributed by atoms with E-state index in [-0.39, 0.29) is 23.9 Å². The van der Waals surface area contributed by atoms with Crippen molar-refractivity contribution in [2.24, 2.45) is 0 Å². The number of carbonyl (C=O) groups is 1. The van der Waals surface area contributed by atoms with Crippen LogP contribution in [0.15, 0.2) is 0 Å². The summed E-state index contributed by atoms with van der Waals surface area (Å²) < 4.78 is 4.76. The van der Waals surface area contributed by atoms with Gasteiger partial charge in [0, 0.05) is 11.3 Å². The van der Waals surface area contributed by atoms with Crippen molar-refractivity contribution < 1.29 is 14.6 Å². The number of methoxy groups -OCH3 is 1. The number of thioether (sulfide) groups is 1. The molecule has 0 radical (unpaired) electrons. The Kier molecular flexibility index (Phi) is 6.16. The summed E-state index contributed by atoms with van der Waals surface area (Å²) >= 11 is 1.68. The van der Waals surface area contributed by atoms with E-state index in [0.717, 1.165) is 25.0 Å². The lowest BCUT2D eigenvalue weighted by Gasteiger charge is -2.16. The van der Waals surface area contributed by atoms with Crippen LogP contribution in [0.2, 0.25) is 0 Å². The molecule has 94 valence electrons. The van der Waals surface area contributed by atoms with Gasteiger partial charge in [0.25, 0.3) is 0 Å². The molecule has 0 aliphatic heterocycles. The van der Waals surface area contributed by atoms with Crippen molar-refractivity contribution in [3.8, 4) is 0 Å². The fourth-order valence-corrected chi connectivity index (χ4v) is 2.27. The minimum absolute atomic E-state index is 0.177. The van der Waals surface area contributed by atoms with Crippen molar-refractivity contribution in [2.45, 2.75) is 43.5 Å². The Labute approximate surface area is 101 Å². The average molecular weight is 247 g/mol. The SMILES string of the molecule is COC(=O)C(CCSC(C)CO)NC1CC1. The lowest BCUT2D eigenvalue weighted by atomic mass is 10.2. The Balaban J connectivity index is 2.23. The van der Waals surface area contributed by atoms with Crippen LogP contribution in [-0.4, -0.2) is 47.9 Å². The van der Waals surface area contributed by atoms with Crippen LogP contribution in [0.25, 0.3) is 0 Å². The van der Waals surface area contributed by atoms with Gasteiger partial charge in [0.1, 0.15) is 6.04 Å². The fraction of sp³-hybridized carbons (Fsp3) is 0.909. The van der Waals surface area contributed by atoms with Gasteiger partial charge in [-0.25, -0.2) is 0 Å². The predicted octanol–water partition coefficient (Wildman–Crippen LogP) is 0.784. The molecule has 0 bridgehead atoms. The fourth-order valence-electron chi connectivity index (χ4n) is 1.39. The van der Waals surface area contributed by atoms with Crippen molar-refractivity contribution in [1.29, 1.82) is 0 Å². The Morgan fingerprint density at radius 1 is 1.62 bits per heavy atom. The highest BCUT2D eigenvalue weighted by molar-refractivity contribution is 7.99. The maximum absolute atomic E-state index is 11.5. The lowest BCUT2D eigenvalue weighted by molar-refractivity contribution is -0.143. The normalized spacial score (nSPS) is 19.2. The maximum atomic E-state index is 11.5. The van der Waals surface area contributed by atoms with Gasteiger partial charge in [0.15, 0.2) is 0 Å². The van der Waals surface area contributed by atoms with E-state index in [1.54, 1.807) is 11.8 Å². The molecule has 2 atom stereocenters. The first-order valence-corrected chi connectivity index (χ1v) is 6.78. The third-order valence-corrected chi connectivity index (χ3v) is 3.76. The first-order valence-electron chi connectivity index (χ1n) is 5.73. The first kappa shape index (κ1) is 13.8. The third kappa shape index (κ3) is 5.18. The van der Waals surface area contributed by atoms with E-state index in [1.165, 1.54) is 7.11 Å². The maximum Gasteiger partial charge on any atom is 0.322 e. The molecule has 1 rings (SSSR count). The number of carbonyl (C=O) groups excluding carboxylic acids is 1. The van der Waals surface area contributed by atoms with E-state index in [2.05, 4.69) is 5.32 Å². The van der Waals surface area contributed by atoms with E-state index in [0.29, 0.717) is 6.04 Å². The molecule has 16 heavy (non-hydrogen) atoms. The third-order valence-electron chi connectivity index (χ3n) is 2.57. The number of hydrogen-bond acceptors (Lipinski definition) is 5. The molecule has 0 spiro atoms. The van der Waals surface area contributed by atoms with E-state index in [1.807, 2.05) is 6.92 Å². The van der Waals surface area contributed by atoms with E-state index >= 15 is 0 Å². The van der Waals surface area contributed by atoms with E-state index in [9.17, 15) is 4.79 Å². The number of ether oxygens (including phenoxy) is 1. The summed E-state index contributed by atoms with van der Waals surface area (Å²) in [6.45, 7) is 2.16. The Bertz CT molecular complexity index is 221. The number of hydrogen-bond donors (Lipinski definition) is 2. The van der Waals surface area contributed by atoms with Crippen molar-refractivity contribution in [2.75, 3.05) is 19.5 Å². The molecule has 1 aliphatic carbocycles. The van der Waals surface area contributed by atoms with Crippen molar-refractivity contribution in [1.82, 2.24) is 5.32 Å². The second-order valence-corrected chi connectivity index (χ2v) is 5.72. The molecule has 0 heterocycles. The zero-order chi connectivity index (χ0) is 12.0. The van der Waals surface area contributed by atoms with Crippen LogP contribution in [0.4, 0.5) is 0 Å². The summed E-state index contributed by atoms with van der Waals surface area (Å²) in [7, 11) is 1.42. The molecule has 1 aliphatic rings. The molecule has 4 nitrogen and oxygen atoms in total. The number of nitrogens with one attached hydrogen (secondary N) is 1. The van der Waals surface area contributed by atoms with Crippen molar-refractivity contribution in [3.05, 3.63) is 0 Å². The molecule has 1 saturated carbocycles. The molecule has 0 aromatic heterocycles. The Morgan fingerprint density at radius 2 is 2.31 bits per heavy atom. The standard InChI is InChI=1S/C11H21NO3S/c1-8(7-13)16-6-5-10(11(14)15-2)12-9-3-4-9/h8-10,12-13H,3-7H2,1-2H3. The van der Waals surface area contributed by atoms with E-state index in [4.69, 9.17) is 9.84 Å². The van der Waals surface area contributed by atoms with Crippen LogP contribution in [0.1, 0.15) is 26.2 Å². The van der Waals surface area contributed by atoms with Gasteiger partial charge in [0.2, 0.25) is 0 Å². The lowest BCUT2D eigenvalue weighted by Crippen LogP contribution is -2.39. The topological polar surface area (TPSA) is 58.6 Å². The second kappa shape index (κ2) is 7.14. The smallest absolute Gasteiger partial charge is 0.322 e. The largest absolute Gasteiger partial charge is 0.468 e. The van der Waals surface area contributed by atoms with E-state index < -0.39 is 0 Å². The summed E-state index contributed by atoms with van der Waals surface area (Å²) in [4.78, 5) is 11.5. The Hall–Kier alpha value is -0.260. The molecule has 0 aromatic rings. The minimum Gasteiger partial charge on any atom is -0.468 e. The quantitative estimate of drug-likeness (QED) is 0.621. The van der Waals surface area contributed by atoms with Gasteiger partial charge in [-0.2, -0.15) is 11.8 Å². The molecular formula is C11H21NO3S. The first-order chi connectivity index (χ1) is 7.67. The summed E-state index contributed by atoms with van der Waals surface area (Å²) in [5.74, 6) is 0.686. The van der Waals surface area contributed by atoms with Crippen LogP contribution in [0.3, 0.4) is 0 Å². The van der Waals surface area contributed by atoms with Crippen LogP contribution in [0.5, 0.6) is 0 Å². The zero-order valence-corrected chi connectivity index (χ0v) is 10.8. The highest BCUT2D eigenvalue weighted by Gasteiger charge is 2.28. The van der Waals surface area contributed by atoms with Crippen LogP contribution in [-0.2, 0) is 9.53 Å². The summed E-state index contributed by atoms with van der Waals surface area (Å²) in [6, 6.07) is 0.320. The molecular weight excluding hydrogens is 226 g/mol. The van der Waals surface area contributed by atoms with Gasteiger partial charge in [0.05, 0.1) is 13.7 Å². The monoisotopic (exact) mass is 247 g/mol. The number of aliphatic hydroxyl groups excluding tert-OH is 1. The highest BCUT2D eigenvalue weighted by atomic mass is 32.2. The van der Waals surface area contributed by atoms with Gasteiger partial charge in [-0.1, -0.05) is 6.92 Å². The predicted molar refractivity (Wildman–Crippen MR) is 65.6 cm³/mol. The van der Waals surface area contributed by atoms with Crippen molar-refractivity contribution in [3.63, 3.8) is 0 Å². The molecule has 2 unspecified atom stereocenters. The summed E-state index contributed by atoms with van der Waals surface area (Å²) in [6.07, 6.45) is 3.08. The second-order valence-electron chi connectivity index (χ2n) is 4.17. The van der Waals surface area contributed by atoms with Crippen LogP contribution in [0, 0.1) is 0 Å². The number of aliphatic hydroxyl groups is 1. The highest BCUT2D eigenvalue weighted by Crippen LogP contribution is 2.21. The average Bonchev–Trinajstić information content (AvgIpc) is 3.10. The van der Waals surface area contributed by atoms with Crippen LogP contribution < -0.4 is 5.32 Å². The zero-order valence-electron chi connectivity index (χ0n) is 9.94.